The highest BCUT2D eigenvalue weighted by Gasteiger charge is 2.27. The van der Waals surface area contributed by atoms with Crippen LogP contribution < -0.4 is 0 Å². The van der Waals surface area contributed by atoms with Crippen molar-refractivity contribution in [2.75, 3.05) is 26.2 Å². The van der Waals surface area contributed by atoms with Crippen LogP contribution in [0.3, 0.4) is 0 Å². The minimum atomic E-state index is -3.54. The Labute approximate surface area is 158 Å². The van der Waals surface area contributed by atoms with E-state index >= 15 is 0 Å². The van der Waals surface area contributed by atoms with E-state index in [2.05, 4.69) is 0 Å². The lowest BCUT2D eigenvalue weighted by Crippen LogP contribution is -2.50. The normalized spacial score (nSPS) is 16.0. The largest absolute Gasteiger partial charge is 0.340 e. The molecule has 3 rings (SSSR count). The second kappa shape index (κ2) is 8.45. The first-order valence-electron chi connectivity index (χ1n) is 8.70. The van der Waals surface area contributed by atoms with E-state index in [1.807, 2.05) is 30.3 Å². The SMILES string of the molecule is O=C(Cc1ccccc1F)N1CCN(S(=O)(=O)/C=C/c2ccccc2)CC1. The number of carbonyl (C=O) groups is 1. The molecule has 2 aromatic rings. The van der Waals surface area contributed by atoms with Gasteiger partial charge in [0.15, 0.2) is 0 Å². The van der Waals surface area contributed by atoms with Gasteiger partial charge in [-0.15, -0.1) is 0 Å². The summed E-state index contributed by atoms with van der Waals surface area (Å²) in [5.74, 6) is -0.602. The lowest BCUT2D eigenvalue weighted by Gasteiger charge is -2.33. The molecule has 0 aromatic heterocycles. The number of piperazine rings is 1. The van der Waals surface area contributed by atoms with E-state index in [-0.39, 0.29) is 25.4 Å². The molecule has 142 valence electrons. The van der Waals surface area contributed by atoms with Gasteiger partial charge in [-0.25, -0.2) is 12.8 Å². The monoisotopic (exact) mass is 388 g/mol. The Balaban J connectivity index is 1.57. The number of hydrogen-bond donors (Lipinski definition) is 0. The van der Waals surface area contributed by atoms with Gasteiger partial charge >= 0.3 is 0 Å². The van der Waals surface area contributed by atoms with Crippen LogP contribution >= 0.6 is 0 Å². The lowest BCUT2D eigenvalue weighted by molar-refractivity contribution is -0.131. The minimum absolute atomic E-state index is 0.0205. The minimum Gasteiger partial charge on any atom is -0.340 e. The molecule has 0 atom stereocenters. The second-order valence-corrected chi connectivity index (χ2v) is 8.12. The fourth-order valence-corrected chi connectivity index (χ4v) is 4.10. The Morgan fingerprint density at radius 2 is 1.59 bits per heavy atom. The number of hydrogen-bond acceptors (Lipinski definition) is 3. The third-order valence-electron chi connectivity index (χ3n) is 4.48. The zero-order valence-corrected chi connectivity index (χ0v) is 15.6. The van der Waals surface area contributed by atoms with E-state index in [0.29, 0.717) is 18.7 Å². The maximum Gasteiger partial charge on any atom is 0.236 e. The summed E-state index contributed by atoms with van der Waals surface area (Å²) >= 11 is 0. The second-order valence-electron chi connectivity index (χ2n) is 6.31. The van der Waals surface area contributed by atoms with Gasteiger partial charge in [0.05, 0.1) is 6.42 Å². The fraction of sp³-hybridized carbons (Fsp3) is 0.250. The van der Waals surface area contributed by atoms with Crippen LogP contribution in [-0.2, 0) is 21.2 Å². The molecule has 1 aliphatic rings. The molecule has 7 heteroatoms. The van der Waals surface area contributed by atoms with E-state index < -0.39 is 15.8 Å². The van der Waals surface area contributed by atoms with Crippen LogP contribution in [0.1, 0.15) is 11.1 Å². The fourth-order valence-electron chi connectivity index (χ4n) is 2.92. The van der Waals surface area contributed by atoms with Gasteiger partial charge in [-0.1, -0.05) is 48.5 Å². The van der Waals surface area contributed by atoms with Crippen molar-refractivity contribution in [2.24, 2.45) is 0 Å². The van der Waals surface area contributed by atoms with Gasteiger partial charge in [0.2, 0.25) is 15.9 Å². The Morgan fingerprint density at radius 1 is 0.963 bits per heavy atom. The van der Waals surface area contributed by atoms with Crippen LogP contribution in [0, 0.1) is 5.82 Å². The molecule has 0 saturated carbocycles. The number of sulfonamides is 1. The van der Waals surface area contributed by atoms with E-state index in [1.165, 1.54) is 15.8 Å². The number of nitrogens with zero attached hydrogens (tertiary/aromatic N) is 2. The maximum atomic E-state index is 13.7. The molecule has 1 saturated heterocycles. The van der Waals surface area contributed by atoms with Gasteiger partial charge < -0.3 is 4.90 Å². The van der Waals surface area contributed by atoms with Gasteiger partial charge in [-0.05, 0) is 23.3 Å². The molecule has 1 heterocycles. The molecule has 0 spiro atoms. The number of amides is 1. The smallest absolute Gasteiger partial charge is 0.236 e. The lowest BCUT2D eigenvalue weighted by atomic mass is 10.1. The van der Waals surface area contributed by atoms with Crippen molar-refractivity contribution in [2.45, 2.75) is 6.42 Å². The molecule has 0 radical (unpaired) electrons. The maximum absolute atomic E-state index is 13.7. The first-order chi connectivity index (χ1) is 13.0. The topological polar surface area (TPSA) is 57.7 Å². The number of carbonyl (C=O) groups excluding carboxylic acids is 1. The highest BCUT2D eigenvalue weighted by atomic mass is 32.2. The Morgan fingerprint density at radius 3 is 2.26 bits per heavy atom. The van der Waals surface area contributed by atoms with E-state index in [9.17, 15) is 17.6 Å². The summed E-state index contributed by atoms with van der Waals surface area (Å²) in [6, 6.07) is 15.4. The van der Waals surface area contributed by atoms with Gasteiger partial charge in [0.1, 0.15) is 5.82 Å². The van der Waals surface area contributed by atoms with Crippen molar-refractivity contribution in [1.29, 1.82) is 0 Å². The first-order valence-corrected chi connectivity index (χ1v) is 10.2. The van der Waals surface area contributed by atoms with Crippen LogP contribution in [0.4, 0.5) is 4.39 Å². The summed E-state index contributed by atoms with van der Waals surface area (Å²) in [6.07, 6.45) is 1.54. The van der Waals surface area contributed by atoms with Gasteiger partial charge in [0.25, 0.3) is 0 Å². The molecule has 1 aliphatic heterocycles. The number of rotatable bonds is 5. The Hall–Kier alpha value is -2.51. The highest BCUT2D eigenvalue weighted by molar-refractivity contribution is 7.92. The standard InChI is InChI=1S/C20H21FN2O3S/c21-19-9-5-4-8-18(19)16-20(24)22-11-13-23(14-12-22)27(25,26)15-10-17-6-2-1-3-7-17/h1-10,15H,11-14,16H2/b15-10+. The van der Waals surface area contributed by atoms with Crippen molar-refractivity contribution < 1.29 is 17.6 Å². The van der Waals surface area contributed by atoms with Crippen LogP contribution in [0.2, 0.25) is 0 Å². The van der Waals surface area contributed by atoms with Crippen LogP contribution in [0.15, 0.2) is 60.0 Å². The van der Waals surface area contributed by atoms with Crippen LogP contribution in [0.5, 0.6) is 0 Å². The van der Waals surface area contributed by atoms with E-state index in [4.69, 9.17) is 0 Å². The quantitative estimate of drug-likeness (QED) is 0.791. The summed E-state index contributed by atoms with van der Waals surface area (Å²) in [5, 5.41) is 1.19. The summed E-state index contributed by atoms with van der Waals surface area (Å²) in [6.45, 7) is 1.05. The highest BCUT2D eigenvalue weighted by Crippen LogP contribution is 2.14. The van der Waals surface area contributed by atoms with E-state index in [1.54, 1.807) is 29.2 Å². The van der Waals surface area contributed by atoms with Crippen molar-refractivity contribution in [3.05, 3.63) is 76.9 Å². The molecule has 1 fully saturated rings. The molecule has 5 nitrogen and oxygen atoms in total. The Kier molecular flexibility index (Phi) is 6.03. The molecule has 0 N–H and O–H groups in total. The van der Waals surface area contributed by atoms with Crippen molar-refractivity contribution in [1.82, 2.24) is 9.21 Å². The van der Waals surface area contributed by atoms with Gasteiger partial charge in [-0.2, -0.15) is 4.31 Å². The molecule has 0 unspecified atom stereocenters. The van der Waals surface area contributed by atoms with Crippen molar-refractivity contribution in [3.8, 4) is 0 Å². The zero-order chi connectivity index (χ0) is 19.3. The van der Waals surface area contributed by atoms with Crippen molar-refractivity contribution >= 4 is 22.0 Å². The van der Waals surface area contributed by atoms with Crippen LogP contribution in [0.25, 0.3) is 6.08 Å². The van der Waals surface area contributed by atoms with Gasteiger partial charge in [0, 0.05) is 31.6 Å². The predicted molar refractivity (Wildman–Crippen MR) is 103 cm³/mol. The summed E-state index contributed by atoms with van der Waals surface area (Å²) in [4.78, 5) is 13.9. The first kappa shape index (κ1) is 19.3. The van der Waals surface area contributed by atoms with E-state index in [0.717, 1.165) is 5.56 Å². The summed E-state index contributed by atoms with van der Waals surface area (Å²) < 4.78 is 40.0. The molecule has 0 aliphatic carbocycles. The zero-order valence-electron chi connectivity index (χ0n) is 14.8. The van der Waals surface area contributed by atoms with Gasteiger partial charge in [-0.3, -0.25) is 4.79 Å². The van der Waals surface area contributed by atoms with Crippen molar-refractivity contribution in [3.63, 3.8) is 0 Å². The molecule has 0 bridgehead atoms. The Bertz CT molecular complexity index is 921. The molecular formula is C20H21FN2O3S. The molecular weight excluding hydrogens is 367 g/mol. The summed E-state index contributed by atoms with van der Waals surface area (Å²) in [5.41, 5.74) is 1.16. The number of benzene rings is 2. The average molecular weight is 388 g/mol. The predicted octanol–water partition coefficient (Wildman–Crippen LogP) is 2.51. The third kappa shape index (κ3) is 5.02. The summed E-state index contributed by atoms with van der Waals surface area (Å²) in [7, 11) is -3.54. The third-order valence-corrected chi connectivity index (χ3v) is 6.05. The molecule has 1 amide bonds. The molecule has 2 aromatic carbocycles. The number of halogens is 1. The average Bonchev–Trinajstić information content (AvgIpc) is 2.69. The van der Waals surface area contributed by atoms with Crippen LogP contribution in [-0.4, -0.2) is 49.7 Å². The molecule has 27 heavy (non-hydrogen) atoms.